The Morgan fingerprint density at radius 1 is 1.08 bits per heavy atom. The topological polar surface area (TPSA) is 72.3 Å². The molecule has 37 heavy (non-hydrogen) atoms. The molecule has 0 bridgehead atoms. The maximum absolute atomic E-state index is 14.0. The minimum Gasteiger partial charge on any atom is -0.480 e. The number of ether oxygens (including phenoxy) is 1. The van der Waals surface area contributed by atoms with Gasteiger partial charge in [0.25, 0.3) is 5.91 Å². The Labute approximate surface area is 223 Å². The Bertz CT molecular complexity index is 1500. The molecular formula is C27H24Cl2FN5O2. The average molecular weight is 540 g/mol. The van der Waals surface area contributed by atoms with Gasteiger partial charge >= 0.3 is 0 Å². The second-order valence-electron chi connectivity index (χ2n) is 8.89. The zero-order valence-electron chi connectivity index (χ0n) is 20.6. The van der Waals surface area contributed by atoms with Crippen LogP contribution in [0.2, 0.25) is 10.0 Å². The summed E-state index contributed by atoms with van der Waals surface area (Å²) in [6.45, 7) is 4.08. The Kier molecular flexibility index (Phi) is 6.56. The van der Waals surface area contributed by atoms with Crippen LogP contribution in [0.1, 0.15) is 47.5 Å². The molecule has 1 atom stereocenters. The fourth-order valence-corrected chi connectivity index (χ4v) is 5.10. The van der Waals surface area contributed by atoms with Gasteiger partial charge in [-0.15, -0.1) is 0 Å². The number of aromatic nitrogens is 3. The van der Waals surface area contributed by atoms with Crippen molar-refractivity contribution < 1.29 is 13.9 Å². The zero-order valence-corrected chi connectivity index (χ0v) is 22.1. The lowest BCUT2D eigenvalue weighted by molar-refractivity contribution is 0.0993. The summed E-state index contributed by atoms with van der Waals surface area (Å²) in [5.41, 5.74) is 4.05. The summed E-state index contributed by atoms with van der Waals surface area (Å²) < 4.78 is 21.7. The number of hydrogen-bond acceptors (Lipinski definition) is 5. The van der Waals surface area contributed by atoms with E-state index in [0.29, 0.717) is 33.7 Å². The van der Waals surface area contributed by atoms with Gasteiger partial charge in [0.15, 0.2) is 0 Å². The second-order valence-corrected chi connectivity index (χ2v) is 9.73. The quantitative estimate of drug-likeness (QED) is 0.292. The van der Waals surface area contributed by atoms with Gasteiger partial charge in [0, 0.05) is 30.0 Å². The first kappa shape index (κ1) is 25.0. The van der Waals surface area contributed by atoms with Crippen LogP contribution in [-0.4, -0.2) is 34.6 Å². The van der Waals surface area contributed by atoms with E-state index in [1.54, 1.807) is 43.5 Å². The Morgan fingerprint density at radius 2 is 1.81 bits per heavy atom. The molecule has 0 fully saturated rings. The lowest BCUT2D eigenvalue weighted by Gasteiger charge is -2.29. The maximum atomic E-state index is 14.0. The van der Waals surface area contributed by atoms with E-state index in [0.717, 1.165) is 17.0 Å². The molecule has 10 heteroatoms. The zero-order chi connectivity index (χ0) is 26.4. The first-order valence-electron chi connectivity index (χ1n) is 11.6. The molecular weight excluding hydrogens is 516 g/mol. The van der Waals surface area contributed by atoms with E-state index in [4.69, 9.17) is 27.9 Å². The predicted molar refractivity (Wildman–Crippen MR) is 143 cm³/mol. The van der Waals surface area contributed by atoms with Crippen molar-refractivity contribution in [3.63, 3.8) is 0 Å². The number of rotatable bonds is 6. The van der Waals surface area contributed by atoms with E-state index in [-0.39, 0.29) is 17.0 Å². The highest BCUT2D eigenvalue weighted by atomic mass is 35.5. The van der Waals surface area contributed by atoms with E-state index in [9.17, 15) is 9.18 Å². The van der Waals surface area contributed by atoms with E-state index in [1.807, 2.05) is 32.0 Å². The smallest absolute Gasteiger partial charge is 0.261 e. The summed E-state index contributed by atoms with van der Waals surface area (Å²) in [6, 6.07) is 12.9. The third kappa shape index (κ3) is 4.20. The van der Waals surface area contributed by atoms with Crippen molar-refractivity contribution in [2.45, 2.75) is 25.9 Å². The van der Waals surface area contributed by atoms with Gasteiger partial charge < -0.3 is 14.6 Å². The van der Waals surface area contributed by atoms with Gasteiger partial charge in [0.2, 0.25) is 11.8 Å². The number of carbonyl (C=O) groups is 1. The van der Waals surface area contributed by atoms with Crippen LogP contribution >= 0.6 is 23.2 Å². The van der Waals surface area contributed by atoms with Gasteiger partial charge in [-0.3, -0.25) is 9.69 Å². The number of nitrogens with zero attached hydrogens (tertiary/aromatic N) is 4. The minimum absolute atomic E-state index is 0.0354. The summed E-state index contributed by atoms with van der Waals surface area (Å²) in [5.74, 6) is 0.0223. The molecule has 3 heterocycles. The lowest BCUT2D eigenvalue weighted by Crippen LogP contribution is -2.30. The highest BCUT2D eigenvalue weighted by Gasteiger charge is 2.43. The summed E-state index contributed by atoms with van der Waals surface area (Å²) in [5, 5.41) is 3.43. The summed E-state index contributed by atoms with van der Waals surface area (Å²) >= 11 is 12.3. The van der Waals surface area contributed by atoms with Crippen molar-refractivity contribution in [1.82, 2.24) is 14.5 Å². The molecule has 1 aliphatic rings. The molecule has 1 amide bonds. The van der Waals surface area contributed by atoms with E-state index < -0.39 is 11.9 Å². The van der Waals surface area contributed by atoms with Crippen molar-refractivity contribution >= 4 is 40.7 Å². The highest BCUT2D eigenvalue weighted by Crippen LogP contribution is 2.47. The SMILES string of the molecule is CNc1ncc(-c2cc3c(n2C(C)C)C(c2ccc(Cl)cc2)N(c2ccc(F)c(Cl)c2)C3=O)c(OC)n1. The summed E-state index contributed by atoms with van der Waals surface area (Å²) in [7, 11) is 3.27. The van der Waals surface area contributed by atoms with Crippen molar-refractivity contribution in [1.29, 1.82) is 0 Å². The third-order valence-electron chi connectivity index (χ3n) is 6.37. The minimum atomic E-state index is -0.552. The molecule has 1 N–H and O–H groups in total. The van der Waals surface area contributed by atoms with Gasteiger partial charge in [-0.05, 0) is 55.8 Å². The number of nitrogens with one attached hydrogen (secondary N) is 1. The van der Waals surface area contributed by atoms with Crippen molar-refractivity contribution in [2.75, 3.05) is 24.4 Å². The molecule has 7 nitrogen and oxygen atoms in total. The summed E-state index contributed by atoms with van der Waals surface area (Å²) in [6.07, 6.45) is 1.68. The van der Waals surface area contributed by atoms with Crippen molar-refractivity contribution in [3.05, 3.63) is 87.4 Å². The van der Waals surface area contributed by atoms with Gasteiger partial charge in [-0.1, -0.05) is 35.3 Å². The van der Waals surface area contributed by atoms with Crippen LogP contribution in [0, 0.1) is 5.82 Å². The molecule has 2 aromatic carbocycles. The number of amides is 1. The number of fused-ring (bicyclic) bond motifs is 1. The molecule has 0 aliphatic carbocycles. The van der Waals surface area contributed by atoms with Crippen LogP contribution in [0.15, 0.2) is 54.7 Å². The highest BCUT2D eigenvalue weighted by molar-refractivity contribution is 6.31. The average Bonchev–Trinajstić information content (AvgIpc) is 3.41. The predicted octanol–water partition coefficient (Wildman–Crippen LogP) is 6.77. The first-order chi connectivity index (χ1) is 17.7. The number of hydrogen-bond donors (Lipinski definition) is 1. The lowest BCUT2D eigenvalue weighted by atomic mass is 10.0. The van der Waals surface area contributed by atoms with Crippen LogP contribution in [0.3, 0.4) is 0 Å². The van der Waals surface area contributed by atoms with Gasteiger partial charge in [0.1, 0.15) is 11.9 Å². The summed E-state index contributed by atoms with van der Waals surface area (Å²) in [4.78, 5) is 24.4. The Balaban J connectivity index is 1.77. The molecule has 4 aromatic rings. The monoisotopic (exact) mass is 539 g/mol. The number of carbonyl (C=O) groups excluding carboxylic acids is 1. The first-order valence-corrected chi connectivity index (χ1v) is 12.4. The van der Waals surface area contributed by atoms with E-state index >= 15 is 0 Å². The fourth-order valence-electron chi connectivity index (χ4n) is 4.79. The van der Waals surface area contributed by atoms with Crippen LogP contribution in [0.4, 0.5) is 16.0 Å². The van der Waals surface area contributed by atoms with Gasteiger partial charge in [0.05, 0.1) is 34.6 Å². The third-order valence-corrected chi connectivity index (χ3v) is 6.91. The van der Waals surface area contributed by atoms with Crippen molar-refractivity contribution in [2.24, 2.45) is 0 Å². The number of halogens is 3. The molecule has 1 aliphatic heterocycles. The molecule has 2 aromatic heterocycles. The normalized spacial score (nSPS) is 14.9. The van der Waals surface area contributed by atoms with E-state index in [2.05, 4.69) is 19.9 Å². The molecule has 0 spiro atoms. The number of anilines is 2. The van der Waals surface area contributed by atoms with Crippen LogP contribution < -0.4 is 15.0 Å². The van der Waals surface area contributed by atoms with E-state index in [1.165, 1.54) is 12.1 Å². The molecule has 5 rings (SSSR count). The van der Waals surface area contributed by atoms with Gasteiger partial charge in [-0.2, -0.15) is 4.98 Å². The van der Waals surface area contributed by atoms with Crippen molar-refractivity contribution in [3.8, 4) is 17.1 Å². The molecule has 1 unspecified atom stereocenters. The maximum Gasteiger partial charge on any atom is 0.261 e. The van der Waals surface area contributed by atoms with Crippen LogP contribution in [0.5, 0.6) is 5.88 Å². The van der Waals surface area contributed by atoms with Crippen LogP contribution in [0.25, 0.3) is 11.3 Å². The standard InChI is InChI=1S/C27H24Cl2FN5O2/c1-14(2)34-22(19-13-32-27(31-3)33-25(19)37-4)12-18-24(34)23(15-5-7-16(28)8-6-15)35(26(18)36)17-9-10-21(30)20(29)11-17/h5-14,23H,1-4H3,(H,31,32,33). The Morgan fingerprint density at radius 3 is 2.43 bits per heavy atom. The molecule has 0 saturated carbocycles. The Hall–Kier alpha value is -3.62. The fraction of sp³-hybridized carbons (Fsp3) is 0.222. The second kappa shape index (κ2) is 9.68. The molecule has 0 radical (unpaired) electrons. The molecule has 0 saturated heterocycles. The number of benzene rings is 2. The molecule has 190 valence electrons. The van der Waals surface area contributed by atoms with Crippen LogP contribution in [-0.2, 0) is 0 Å². The number of methoxy groups -OCH3 is 1. The van der Waals surface area contributed by atoms with Gasteiger partial charge in [-0.25, -0.2) is 9.37 Å². The largest absolute Gasteiger partial charge is 0.480 e.